The van der Waals surface area contributed by atoms with Gasteiger partial charge in [-0.25, -0.2) is 0 Å². The van der Waals surface area contributed by atoms with E-state index in [2.05, 4.69) is 11.3 Å². The van der Waals surface area contributed by atoms with Crippen molar-refractivity contribution in [2.24, 2.45) is 5.92 Å². The van der Waals surface area contributed by atoms with Gasteiger partial charge in [0.15, 0.2) is 11.9 Å². The first kappa shape index (κ1) is 29.6. The Morgan fingerprint density at radius 1 is 1.39 bits per heavy atom. The summed E-state index contributed by atoms with van der Waals surface area (Å²) < 4.78 is 33.5. The molecular weight excluding hydrogens is 523 g/mol. The Morgan fingerprint density at radius 2 is 2.06 bits per heavy atom. The number of ether oxygens (including phenoxy) is 3. The lowest BCUT2D eigenvalue weighted by Crippen LogP contribution is -2.52. The zero-order chi connectivity index (χ0) is 26.8. The minimum absolute atomic E-state index is 0.0451. The summed E-state index contributed by atoms with van der Waals surface area (Å²) in [6, 6.07) is 3.10. The first-order valence-corrected chi connectivity index (χ1v) is 14.2. The number of nitrogens with zero attached hydrogens (tertiary/aromatic N) is 1. The summed E-state index contributed by atoms with van der Waals surface area (Å²) in [5.41, 5.74) is 0.787. The molecule has 0 bridgehead atoms. The van der Waals surface area contributed by atoms with Crippen LogP contribution in [0.25, 0.3) is 0 Å². The number of carbonyl (C=O) groups excluding carboxylic acids is 1. The van der Waals surface area contributed by atoms with Crippen molar-refractivity contribution in [2.75, 3.05) is 19.8 Å². The van der Waals surface area contributed by atoms with Crippen LogP contribution in [-0.2, 0) is 25.6 Å². The highest BCUT2D eigenvalue weighted by Crippen LogP contribution is 2.42. The van der Waals surface area contributed by atoms with Crippen LogP contribution in [0.5, 0.6) is 5.75 Å². The van der Waals surface area contributed by atoms with Gasteiger partial charge >= 0.3 is 0 Å². The zero-order valence-electron chi connectivity index (χ0n) is 21.9. The Morgan fingerprint density at radius 3 is 2.61 bits per heavy atom. The fourth-order valence-electron chi connectivity index (χ4n) is 4.60. The van der Waals surface area contributed by atoms with E-state index in [9.17, 15) is 9.35 Å². The number of nitrogens with one attached hydrogen (secondary N) is 1. The van der Waals surface area contributed by atoms with Crippen LogP contribution < -0.4 is 9.46 Å². The lowest BCUT2D eigenvalue weighted by molar-refractivity contribution is -0.163. The minimum Gasteiger partial charge on any atom is -0.598 e. The fourth-order valence-corrected chi connectivity index (χ4v) is 5.83. The van der Waals surface area contributed by atoms with Crippen LogP contribution >= 0.6 is 23.2 Å². The van der Waals surface area contributed by atoms with E-state index in [0.29, 0.717) is 41.8 Å². The summed E-state index contributed by atoms with van der Waals surface area (Å²) in [5.74, 6) is -0.184. The summed E-state index contributed by atoms with van der Waals surface area (Å²) in [5, 5.41) is 0.776. The number of carbonyl (C=O) groups is 1. The first-order chi connectivity index (χ1) is 16.7. The number of likely N-dealkylation sites (tertiary alicyclic amines) is 1. The summed E-state index contributed by atoms with van der Waals surface area (Å²) in [6.45, 7) is 16.3. The van der Waals surface area contributed by atoms with Crippen LogP contribution in [-0.4, -0.2) is 57.8 Å². The maximum absolute atomic E-state index is 13.2. The highest BCUT2D eigenvalue weighted by atomic mass is 35.5. The zero-order valence-corrected chi connectivity index (χ0v) is 24.3. The van der Waals surface area contributed by atoms with Crippen molar-refractivity contribution in [3.05, 3.63) is 40.4 Å². The van der Waals surface area contributed by atoms with Gasteiger partial charge in [0.25, 0.3) is 5.91 Å². The Labute approximate surface area is 228 Å². The van der Waals surface area contributed by atoms with Gasteiger partial charge in [0.1, 0.15) is 17.1 Å². The lowest BCUT2D eigenvalue weighted by atomic mass is 9.82. The smallest absolute Gasteiger partial charge is 0.254 e. The second-order valence-corrected chi connectivity index (χ2v) is 13.7. The molecule has 1 aromatic carbocycles. The van der Waals surface area contributed by atoms with E-state index in [0.717, 1.165) is 5.56 Å². The molecule has 0 radical (unpaired) electrons. The number of benzene rings is 1. The van der Waals surface area contributed by atoms with Crippen molar-refractivity contribution >= 4 is 40.5 Å². The van der Waals surface area contributed by atoms with Gasteiger partial charge in [-0.3, -0.25) is 4.79 Å². The van der Waals surface area contributed by atoms with Crippen molar-refractivity contribution < 1.29 is 23.6 Å². The third kappa shape index (κ3) is 7.10. The average molecular weight is 562 g/mol. The fraction of sp³-hybridized carbons (Fsp3) is 0.654. The molecule has 2 aliphatic heterocycles. The molecule has 7 nitrogen and oxygen atoms in total. The Hall–Kier alpha value is -1.00. The molecule has 202 valence electrons. The Kier molecular flexibility index (Phi) is 9.69. The van der Waals surface area contributed by atoms with Crippen LogP contribution in [0.1, 0.15) is 66.0 Å². The van der Waals surface area contributed by atoms with Gasteiger partial charge in [0.2, 0.25) is 0 Å². The maximum atomic E-state index is 13.2. The molecule has 1 amide bonds. The molecule has 36 heavy (non-hydrogen) atoms. The van der Waals surface area contributed by atoms with Crippen LogP contribution in [0.4, 0.5) is 0 Å². The standard InChI is InChI=1S/C26H38Cl2N2O5S/c1-8-11-33-21-14-20(28)19(27)13-18(21)23(29-36(32)25(3,4)5)17-9-10-30(16(2)12-17)24(31)22-15-34-26(6,7)35-22/h8,13-14,16-17,22-23,29H,1,9-12,15H2,2-7H3/t16?,17?,22-,23-,36?/m1/s1. The molecular formula is C26H38Cl2N2O5S. The van der Waals surface area contributed by atoms with Gasteiger partial charge in [-0.05, 0) is 66.4 Å². The van der Waals surface area contributed by atoms with Crippen LogP contribution in [0.15, 0.2) is 24.8 Å². The van der Waals surface area contributed by atoms with Crippen LogP contribution in [0, 0.1) is 5.92 Å². The Balaban J connectivity index is 1.87. The van der Waals surface area contributed by atoms with Crippen molar-refractivity contribution in [2.45, 2.75) is 83.1 Å². The molecule has 3 rings (SSSR count). The van der Waals surface area contributed by atoms with E-state index in [4.69, 9.17) is 37.4 Å². The predicted molar refractivity (Wildman–Crippen MR) is 145 cm³/mol. The topological polar surface area (TPSA) is 83.1 Å². The molecule has 2 aliphatic rings. The van der Waals surface area contributed by atoms with Gasteiger partial charge in [-0.2, -0.15) is 0 Å². The van der Waals surface area contributed by atoms with E-state index in [1.165, 1.54) is 0 Å². The molecule has 10 heteroatoms. The van der Waals surface area contributed by atoms with E-state index >= 15 is 0 Å². The van der Waals surface area contributed by atoms with Crippen molar-refractivity contribution in [3.63, 3.8) is 0 Å². The quantitative estimate of drug-likeness (QED) is 0.337. The van der Waals surface area contributed by atoms with E-state index in [1.54, 1.807) is 18.2 Å². The number of hydrogen-bond acceptors (Lipinski definition) is 6. The van der Waals surface area contributed by atoms with E-state index in [1.807, 2.05) is 46.4 Å². The molecule has 0 aliphatic carbocycles. The number of piperidine rings is 1. The molecule has 0 spiro atoms. The largest absolute Gasteiger partial charge is 0.598 e. The van der Waals surface area contributed by atoms with E-state index < -0.39 is 28.0 Å². The monoisotopic (exact) mass is 560 g/mol. The highest BCUT2D eigenvalue weighted by molar-refractivity contribution is 7.90. The van der Waals surface area contributed by atoms with Gasteiger partial charge in [0.05, 0.1) is 22.7 Å². The summed E-state index contributed by atoms with van der Waals surface area (Å²) >= 11 is 11.4. The van der Waals surface area contributed by atoms with Crippen LogP contribution in [0.2, 0.25) is 10.0 Å². The highest BCUT2D eigenvalue weighted by Gasteiger charge is 2.43. The maximum Gasteiger partial charge on any atom is 0.254 e. The molecule has 0 aromatic heterocycles. The molecule has 5 atom stereocenters. The second kappa shape index (κ2) is 11.8. The number of halogens is 2. The third-order valence-corrected chi connectivity index (χ3v) is 8.79. The lowest BCUT2D eigenvalue weighted by Gasteiger charge is -2.42. The van der Waals surface area contributed by atoms with Crippen molar-refractivity contribution in [1.82, 2.24) is 9.62 Å². The van der Waals surface area contributed by atoms with Crippen molar-refractivity contribution in [1.29, 1.82) is 0 Å². The van der Waals surface area contributed by atoms with Crippen LogP contribution in [0.3, 0.4) is 0 Å². The molecule has 1 N–H and O–H groups in total. The summed E-state index contributed by atoms with van der Waals surface area (Å²) in [6.07, 6.45) is 2.45. The molecule has 3 unspecified atom stereocenters. The molecule has 0 saturated carbocycles. The predicted octanol–water partition coefficient (Wildman–Crippen LogP) is 5.43. The third-order valence-electron chi connectivity index (χ3n) is 6.49. The minimum atomic E-state index is -1.35. The summed E-state index contributed by atoms with van der Waals surface area (Å²) in [7, 11) is 0. The van der Waals surface area contributed by atoms with Gasteiger partial charge in [-0.15, -0.1) is 4.72 Å². The van der Waals surface area contributed by atoms with Gasteiger partial charge < -0.3 is 23.7 Å². The SMILES string of the molecule is C=CCOc1cc(Cl)c(Cl)cc1[C@H](N[S+]([O-])C(C)(C)C)C1CCN(C(=O)[C@H]2COC(C)(C)O2)C(C)C1. The number of rotatable bonds is 8. The Bertz CT molecular complexity index is 955. The van der Waals surface area contributed by atoms with Gasteiger partial charge in [0, 0.05) is 35.6 Å². The number of hydrogen-bond donors (Lipinski definition) is 1. The average Bonchev–Trinajstić information content (AvgIpc) is 3.16. The molecule has 1 aromatic rings. The summed E-state index contributed by atoms with van der Waals surface area (Å²) in [4.78, 5) is 15.1. The first-order valence-electron chi connectivity index (χ1n) is 12.3. The van der Waals surface area contributed by atoms with Crippen molar-refractivity contribution in [3.8, 4) is 5.75 Å². The second-order valence-electron chi connectivity index (χ2n) is 10.9. The van der Waals surface area contributed by atoms with E-state index in [-0.39, 0.29) is 30.5 Å². The van der Waals surface area contributed by atoms with Gasteiger partial charge in [-0.1, -0.05) is 35.9 Å². The molecule has 2 saturated heterocycles. The normalized spacial score (nSPS) is 25.9. The number of amides is 1. The molecule has 2 fully saturated rings. The molecule has 2 heterocycles.